The summed E-state index contributed by atoms with van der Waals surface area (Å²) in [7, 11) is 1.79. The zero-order chi connectivity index (χ0) is 19.8. The van der Waals surface area contributed by atoms with Crippen molar-refractivity contribution in [3.05, 3.63) is 45.5 Å². The number of halogens is 3. The first kappa shape index (κ1) is 24.2. The van der Waals surface area contributed by atoms with E-state index in [1.807, 2.05) is 12.1 Å². The molecule has 6 nitrogen and oxygen atoms in total. The molecule has 1 aliphatic heterocycles. The predicted octanol–water partition coefficient (Wildman–Crippen LogP) is 4.27. The van der Waals surface area contributed by atoms with Crippen molar-refractivity contribution in [1.29, 1.82) is 0 Å². The first-order valence-corrected chi connectivity index (χ1v) is 10.7. The highest BCUT2D eigenvalue weighted by Crippen LogP contribution is 2.21. The topological polar surface area (TPSA) is 67.1 Å². The summed E-state index contributed by atoms with van der Waals surface area (Å²) in [5.74, 6) is 3.01. The Balaban J connectivity index is 0.00000300. The molecule has 2 heterocycles. The van der Waals surface area contributed by atoms with Gasteiger partial charge in [-0.1, -0.05) is 35.7 Å². The molecular weight excluding hydrogens is 522 g/mol. The lowest BCUT2D eigenvalue weighted by atomic mass is 10.1. The molecule has 0 unspecified atom stereocenters. The van der Waals surface area contributed by atoms with Crippen molar-refractivity contribution in [2.45, 2.75) is 51.5 Å². The van der Waals surface area contributed by atoms with E-state index in [-0.39, 0.29) is 24.0 Å². The van der Waals surface area contributed by atoms with E-state index in [1.165, 1.54) is 19.3 Å². The fourth-order valence-electron chi connectivity index (χ4n) is 3.45. The number of aromatic nitrogens is 3. The van der Waals surface area contributed by atoms with E-state index in [1.54, 1.807) is 13.1 Å². The Kier molecular flexibility index (Phi) is 10.5. The number of aryl methyl sites for hydroxylation is 2. The van der Waals surface area contributed by atoms with Crippen molar-refractivity contribution >= 4 is 53.1 Å². The number of hydrogen-bond acceptors (Lipinski definition) is 3. The smallest absolute Gasteiger partial charge is 0.190 e. The van der Waals surface area contributed by atoms with E-state index < -0.39 is 0 Å². The van der Waals surface area contributed by atoms with E-state index in [4.69, 9.17) is 23.2 Å². The van der Waals surface area contributed by atoms with Crippen molar-refractivity contribution in [3.63, 3.8) is 0 Å². The largest absolute Gasteiger partial charge is 0.356 e. The van der Waals surface area contributed by atoms with Crippen LogP contribution >= 0.6 is 47.2 Å². The number of fused-ring (bicyclic) bond motifs is 1. The van der Waals surface area contributed by atoms with Gasteiger partial charge < -0.3 is 15.2 Å². The lowest BCUT2D eigenvalue weighted by Crippen LogP contribution is -2.39. The van der Waals surface area contributed by atoms with Crippen molar-refractivity contribution in [3.8, 4) is 0 Å². The van der Waals surface area contributed by atoms with Gasteiger partial charge >= 0.3 is 0 Å². The SMILES string of the molecule is CN=C(NCCCc1ccc(Cl)cc1Cl)NCCc1nnc2n1CCCCC2.I. The molecule has 2 aromatic rings. The summed E-state index contributed by atoms with van der Waals surface area (Å²) in [4.78, 5) is 4.29. The van der Waals surface area contributed by atoms with Gasteiger partial charge in [-0.15, -0.1) is 34.2 Å². The summed E-state index contributed by atoms with van der Waals surface area (Å²) in [5, 5.41) is 16.8. The van der Waals surface area contributed by atoms with Gasteiger partial charge in [0.05, 0.1) is 0 Å². The standard InChI is InChI=1S/C20H28Cl2N6.HI/c1-23-20(24-11-5-6-15-8-9-16(21)14-17(15)22)25-12-10-19-27-26-18-7-3-2-4-13-28(18)19;/h8-9,14H,2-7,10-13H2,1H3,(H2,23,24,25);1H. The average molecular weight is 551 g/mol. The van der Waals surface area contributed by atoms with Crippen LogP contribution in [0.1, 0.15) is 42.9 Å². The maximum absolute atomic E-state index is 6.22. The Hall–Kier alpha value is -1.06. The van der Waals surface area contributed by atoms with Crippen LogP contribution in [0.25, 0.3) is 0 Å². The monoisotopic (exact) mass is 550 g/mol. The molecule has 1 aromatic carbocycles. The Morgan fingerprint density at radius 3 is 2.72 bits per heavy atom. The van der Waals surface area contributed by atoms with E-state index in [9.17, 15) is 0 Å². The second kappa shape index (κ2) is 12.6. The third kappa shape index (κ3) is 7.29. The lowest BCUT2D eigenvalue weighted by Gasteiger charge is -2.12. The van der Waals surface area contributed by atoms with Gasteiger partial charge in [0, 0.05) is 49.6 Å². The van der Waals surface area contributed by atoms with E-state index >= 15 is 0 Å². The van der Waals surface area contributed by atoms with Gasteiger partial charge in [0.15, 0.2) is 5.96 Å². The minimum Gasteiger partial charge on any atom is -0.356 e. The number of rotatable bonds is 7. The highest BCUT2D eigenvalue weighted by Gasteiger charge is 2.14. The molecule has 0 radical (unpaired) electrons. The fourth-order valence-corrected chi connectivity index (χ4v) is 3.96. The van der Waals surface area contributed by atoms with Crippen molar-refractivity contribution in [1.82, 2.24) is 25.4 Å². The summed E-state index contributed by atoms with van der Waals surface area (Å²) in [6.45, 7) is 2.64. The van der Waals surface area contributed by atoms with Crippen molar-refractivity contribution in [2.24, 2.45) is 4.99 Å². The van der Waals surface area contributed by atoms with Crippen molar-refractivity contribution in [2.75, 3.05) is 20.1 Å². The average Bonchev–Trinajstić information content (AvgIpc) is 2.91. The van der Waals surface area contributed by atoms with Crippen LogP contribution in [-0.4, -0.2) is 40.9 Å². The summed E-state index contributed by atoms with van der Waals surface area (Å²) in [6.07, 6.45) is 7.44. The maximum Gasteiger partial charge on any atom is 0.190 e. The summed E-state index contributed by atoms with van der Waals surface area (Å²) < 4.78 is 2.29. The molecule has 9 heteroatoms. The Morgan fingerprint density at radius 1 is 1.10 bits per heavy atom. The molecule has 1 aliphatic rings. The molecule has 160 valence electrons. The molecule has 0 spiro atoms. The van der Waals surface area contributed by atoms with Crippen LogP contribution in [-0.2, 0) is 25.8 Å². The van der Waals surface area contributed by atoms with E-state index in [0.29, 0.717) is 5.02 Å². The molecule has 29 heavy (non-hydrogen) atoms. The van der Waals surface area contributed by atoms with Crippen LogP contribution in [0.5, 0.6) is 0 Å². The molecule has 0 fully saturated rings. The summed E-state index contributed by atoms with van der Waals surface area (Å²) in [6, 6.07) is 5.65. The number of aliphatic imine (C=N–C) groups is 1. The summed E-state index contributed by atoms with van der Waals surface area (Å²) >= 11 is 12.2. The van der Waals surface area contributed by atoms with Gasteiger partial charge in [0.1, 0.15) is 11.6 Å². The van der Waals surface area contributed by atoms with Gasteiger partial charge in [-0.2, -0.15) is 0 Å². The second-order valence-corrected chi connectivity index (χ2v) is 7.85. The quantitative estimate of drug-likeness (QED) is 0.234. The third-order valence-electron chi connectivity index (χ3n) is 4.98. The molecule has 0 amide bonds. The van der Waals surface area contributed by atoms with E-state index in [2.05, 4.69) is 30.4 Å². The highest BCUT2D eigenvalue weighted by atomic mass is 127. The fraction of sp³-hybridized carbons (Fsp3) is 0.550. The van der Waals surface area contributed by atoms with Gasteiger partial charge in [-0.3, -0.25) is 4.99 Å². The van der Waals surface area contributed by atoms with Crippen LogP contribution in [0.2, 0.25) is 10.0 Å². The summed E-state index contributed by atoms with van der Waals surface area (Å²) in [5.41, 5.74) is 1.11. The molecule has 2 N–H and O–H groups in total. The molecular formula is C20H29Cl2IN6. The van der Waals surface area contributed by atoms with Crippen LogP contribution in [0, 0.1) is 0 Å². The lowest BCUT2D eigenvalue weighted by molar-refractivity contribution is 0.600. The van der Waals surface area contributed by atoms with Gasteiger partial charge in [-0.25, -0.2) is 0 Å². The Labute approximate surface area is 199 Å². The molecule has 3 rings (SSSR count). The van der Waals surface area contributed by atoms with Crippen molar-refractivity contribution < 1.29 is 0 Å². The number of guanidine groups is 1. The number of nitrogens with zero attached hydrogens (tertiary/aromatic N) is 4. The molecule has 0 aliphatic carbocycles. The third-order valence-corrected chi connectivity index (χ3v) is 5.57. The van der Waals surface area contributed by atoms with Crippen LogP contribution in [0.4, 0.5) is 0 Å². The molecule has 0 bridgehead atoms. The van der Waals surface area contributed by atoms with Crippen LogP contribution in [0.15, 0.2) is 23.2 Å². The van der Waals surface area contributed by atoms with E-state index in [0.717, 1.165) is 73.5 Å². The maximum atomic E-state index is 6.22. The number of hydrogen-bond donors (Lipinski definition) is 2. The normalized spacial score (nSPS) is 14.0. The van der Waals surface area contributed by atoms with Gasteiger partial charge in [-0.05, 0) is 43.4 Å². The minimum absolute atomic E-state index is 0. The van der Waals surface area contributed by atoms with Crippen LogP contribution < -0.4 is 10.6 Å². The minimum atomic E-state index is 0. The first-order chi connectivity index (χ1) is 13.7. The Bertz CT molecular complexity index is 808. The molecule has 1 aromatic heterocycles. The van der Waals surface area contributed by atoms with Gasteiger partial charge in [0.25, 0.3) is 0 Å². The van der Waals surface area contributed by atoms with Gasteiger partial charge in [0.2, 0.25) is 0 Å². The number of benzene rings is 1. The zero-order valence-electron chi connectivity index (χ0n) is 16.8. The zero-order valence-corrected chi connectivity index (χ0v) is 20.6. The molecule has 0 saturated carbocycles. The Morgan fingerprint density at radius 2 is 1.93 bits per heavy atom. The predicted molar refractivity (Wildman–Crippen MR) is 131 cm³/mol. The first-order valence-electron chi connectivity index (χ1n) is 9.97. The molecule has 0 atom stereocenters. The highest BCUT2D eigenvalue weighted by molar-refractivity contribution is 14.0. The second-order valence-electron chi connectivity index (χ2n) is 7.01. The molecule has 0 saturated heterocycles. The number of nitrogens with one attached hydrogen (secondary N) is 2. The van der Waals surface area contributed by atoms with Crippen LogP contribution in [0.3, 0.4) is 0 Å².